The van der Waals surface area contributed by atoms with Crippen LogP contribution in [0.3, 0.4) is 0 Å². The fraction of sp³-hybridized carbons (Fsp3) is 0.714. The molecule has 1 aromatic heterocycles. The summed E-state index contributed by atoms with van der Waals surface area (Å²) in [6.45, 7) is 9.08. The Bertz CT molecular complexity index is 472. The van der Waals surface area contributed by atoms with Gasteiger partial charge < -0.3 is 10.2 Å². The minimum atomic E-state index is -4.26. The van der Waals surface area contributed by atoms with Gasteiger partial charge in [-0.1, -0.05) is 13.8 Å². The lowest BCUT2D eigenvalue weighted by Crippen LogP contribution is -2.35. The number of alkyl halides is 3. The molecule has 1 aromatic rings. The van der Waals surface area contributed by atoms with E-state index in [1.54, 1.807) is 13.8 Å². The molecule has 0 fully saturated rings. The van der Waals surface area contributed by atoms with Crippen LogP contribution in [0.1, 0.15) is 45.0 Å². The van der Waals surface area contributed by atoms with Crippen LogP contribution in [0.15, 0.2) is 0 Å². The first-order chi connectivity index (χ1) is 9.69. The maximum absolute atomic E-state index is 12.7. The maximum Gasteiger partial charge on any atom is 0.405 e. The number of nitrogens with one attached hydrogen (secondary N) is 1. The Hall–Kier alpha value is -1.53. The molecule has 0 aliphatic carbocycles. The van der Waals surface area contributed by atoms with E-state index in [1.165, 1.54) is 4.90 Å². The van der Waals surface area contributed by atoms with Crippen LogP contribution in [-0.4, -0.2) is 35.8 Å². The first-order valence-corrected chi connectivity index (χ1v) is 7.13. The van der Waals surface area contributed by atoms with Gasteiger partial charge in [0.05, 0.1) is 0 Å². The van der Waals surface area contributed by atoms with Crippen molar-refractivity contribution in [1.82, 2.24) is 9.97 Å². The highest BCUT2D eigenvalue weighted by molar-refractivity contribution is 5.59. The van der Waals surface area contributed by atoms with Gasteiger partial charge in [-0.15, -0.1) is 0 Å². The van der Waals surface area contributed by atoms with E-state index in [2.05, 4.69) is 15.3 Å². The Kier molecular flexibility index (Phi) is 5.80. The molecule has 7 heteroatoms. The summed E-state index contributed by atoms with van der Waals surface area (Å²) in [7, 11) is 0. The number of halogens is 3. The molecule has 21 heavy (non-hydrogen) atoms. The molecule has 1 heterocycles. The maximum atomic E-state index is 12.7. The number of nitrogens with zero attached hydrogens (tertiary/aromatic N) is 3. The number of aromatic nitrogens is 2. The van der Waals surface area contributed by atoms with Gasteiger partial charge in [0.25, 0.3) is 0 Å². The zero-order chi connectivity index (χ0) is 16.2. The molecule has 0 unspecified atom stereocenters. The Morgan fingerprint density at radius 3 is 2.24 bits per heavy atom. The first-order valence-electron chi connectivity index (χ1n) is 7.13. The third-order valence-electron chi connectivity index (χ3n) is 3.05. The molecule has 0 saturated carbocycles. The smallest absolute Gasteiger partial charge is 0.370 e. The van der Waals surface area contributed by atoms with Gasteiger partial charge in [-0.3, -0.25) is 0 Å². The summed E-state index contributed by atoms with van der Waals surface area (Å²) in [6.07, 6.45) is -4.26. The molecular weight excluding hydrogens is 281 g/mol. The summed E-state index contributed by atoms with van der Waals surface area (Å²) in [5, 5.41) is 3.09. The van der Waals surface area contributed by atoms with Gasteiger partial charge in [-0.25, -0.2) is 9.97 Å². The highest BCUT2D eigenvalue weighted by Crippen LogP contribution is 2.28. The van der Waals surface area contributed by atoms with E-state index < -0.39 is 12.7 Å². The van der Waals surface area contributed by atoms with E-state index in [9.17, 15) is 13.2 Å². The fourth-order valence-corrected chi connectivity index (χ4v) is 1.98. The summed E-state index contributed by atoms with van der Waals surface area (Å²) in [4.78, 5) is 9.99. The summed E-state index contributed by atoms with van der Waals surface area (Å²) in [6, 6.07) is 0. The van der Waals surface area contributed by atoms with Crippen LogP contribution in [0.4, 0.5) is 24.8 Å². The molecule has 4 nitrogen and oxygen atoms in total. The van der Waals surface area contributed by atoms with Crippen molar-refractivity contribution in [3.8, 4) is 0 Å². The fourth-order valence-electron chi connectivity index (χ4n) is 1.98. The Morgan fingerprint density at radius 1 is 1.19 bits per heavy atom. The van der Waals surface area contributed by atoms with Gasteiger partial charge in [-0.2, -0.15) is 13.2 Å². The quantitative estimate of drug-likeness (QED) is 0.869. The molecule has 120 valence electrons. The van der Waals surface area contributed by atoms with E-state index in [-0.39, 0.29) is 12.5 Å². The van der Waals surface area contributed by atoms with Crippen molar-refractivity contribution >= 4 is 11.6 Å². The van der Waals surface area contributed by atoms with Crippen molar-refractivity contribution in [1.29, 1.82) is 0 Å². The predicted molar refractivity (Wildman–Crippen MR) is 79.0 cm³/mol. The van der Waals surface area contributed by atoms with E-state index in [4.69, 9.17) is 0 Å². The Morgan fingerprint density at radius 2 is 1.81 bits per heavy atom. The Balaban J connectivity index is 3.30. The predicted octanol–water partition coefficient (Wildman–Crippen LogP) is 3.73. The van der Waals surface area contributed by atoms with Crippen LogP contribution < -0.4 is 10.2 Å². The standard InChI is InChI=1S/C14H23F3N4/c1-6-18-12-10(5)13(20-11(19-12)9(3)4)21(7-2)8-14(15,16)17/h9H,6-8H2,1-5H3,(H,18,19,20). The van der Waals surface area contributed by atoms with Gasteiger partial charge in [-0.05, 0) is 20.8 Å². The largest absolute Gasteiger partial charge is 0.405 e. The monoisotopic (exact) mass is 304 g/mol. The number of hydrogen-bond acceptors (Lipinski definition) is 4. The molecule has 0 bridgehead atoms. The van der Waals surface area contributed by atoms with Gasteiger partial charge in [0, 0.05) is 24.6 Å². The second-order valence-corrected chi connectivity index (χ2v) is 5.19. The highest BCUT2D eigenvalue weighted by Gasteiger charge is 2.32. The van der Waals surface area contributed by atoms with E-state index >= 15 is 0 Å². The SMILES string of the molecule is CCNc1nc(C(C)C)nc(N(CC)CC(F)(F)F)c1C. The van der Waals surface area contributed by atoms with Crippen molar-refractivity contribution in [2.24, 2.45) is 0 Å². The van der Waals surface area contributed by atoms with Crippen LogP contribution >= 0.6 is 0 Å². The van der Waals surface area contributed by atoms with Crippen molar-refractivity contribution in [3.05, 3.63) is 11.4 Å². The lowest BCUT2D eigenvalue weighted by Gasteiger charge is -2.26. The molecule has 1 N–H and O–H groups in total. The van der Waals surface area contributed by atoms with Gasteiger partial charge >= 0.3 is 6.18 Å². The van der Waals surface area contributed by atoms with Crippen LogP contribution in [0, 0.1) is 6.92 Å². The van der Waals surface area contributed by atoms with Crippen molar-refractivity contribution < 1.29 is 13.2 Å². The minimum absolute atomic E-state index is 0.0475. The zero-order valence-electron chi connectivity index (χ0n) is 13.2. The van der Waals surface area contributed by atoms with E-state index in [1.807, 2.05) is 20.8 Å². The number of rotatable bonds is 6. The zero-order valence-corrected chi connectivity index (χ0v) is 13.2. The second kappa shape index (κ2) is 6.95. The molecule has 0 aliphatic rings. The van der Waals surface area contributed by atoms with Gasteiger partial charge in [0.2, 0.25) is 0 Å². The molecule has 0 spiro atoms. The lowest BCUT2D eigenvalue weighted by molar-refractivity contribution is -0.119. The summed E-state index contributed by atoms with van der Waals surface area (Å²) in [5.41, 5.74) is 0.646. The van der Waals surface area contributed by atoms with Gasteiger partial charge in [0.1, 0.15) is 24.0 Å². The molecule has 0 atom stereocenters. The van der Waals surface area contributed by atoms with E-state index in [0.717, 1.165) is 0 Å². The summed E-state index contributed by atoms with van der Waals surface area (Å²) < 4.78 is 38.2. The lowest BCUT2D eigenvalue weighted by atomic mass is 10.2. The summed E-state index contributed by atoms with van der Waals surface area (Å²) >= 11 is 0. The molecule has 0 aromatic carbocycles. The minimum Gasteiger partial charge on any atom is -0.370 e. The Labute approximate surface area is 123 Å². The normalized spacial score (nSPS) is 11.9. The average molecular weight is 304 g/mol. The summed E-state index contributed by atoms with van der Waals surface area (Å²) in [5.74, 6) is 1.55. The van der Waals surface area contributed by atoms with Crippen molar-refractivity contribution in [2.45, 2.75) is 46.7 Å². The molecule has 0 amide bonds. The first kappa shape index (κ1) is 17.5. The average Bonchev–Trinajstić information content (AvgIpc) is 2.37. The van der Waals surface area contributed by atoms with Crippen LogP contribution in [0.25, 0.3) is 0 Å². The number of anilines is 2. The van der Waals surface area contributed by atoms with Gasteiger partial charge in [0.15, 0.2) is 0 Å². The van der Waals surface area contributed by atoms with Crippen LogP contribution in [0.5, 0.6) is 0 Å². The highest BCUT2D eigenvalue weighted by atomic mass is 19.4. The molecule has 1 rings (SSSR count). The number of hydrogen-bond donors (Lipinski definition) is 1. The molecule has 0 aliphatic heterocycles. The van der Waals surface area contributed by atoms with Crippen LogP contribution in [-0.2, 0) is 0 Å². The van der Waals surface area contributed by atoms with Crippen molar-refractivity contribution in [2.75, 3.05) is 29.9 Å². The topological polar surface area (TPSA) is 41.1 Å². The van der Waals surface area contributed by atoms with Crippen LogP contribution in [0.2, 0.25) is 0 Å². The molecular formula is C14H23F3N4. The third-order valence-corrected chi connectivity index (χ3v) is 3.05. The molecule has 0 saturated heterocycles. The second-order valence-electron chi connectivity index (χ2n) is 5.19. The third kappa shape index (κ3) is 4.75. The van der Waals surface area contributed by atoms with Crippen molar-refractivity contribution in [3.63, 3.8) is 0 Å². The molecule has 0 radical (unpaired) electrons. The van der Waals surface area contributed by atoms with E-state index in [0.29, 0.717) is 29.6 Å².